The van der Waals surface area contributed by atoms with Gasteiger partial charge < -0.3 is 9.64 Å². The molecule has 0 aliphatic carbocycles. The second kappa shape index (κ2) is 7.04. The lowest BCUT2D eigenvalue weighted by atomic mass is 9.97. The van der Waals surface area contributed by atoms with Crippen molar-refractivity contribution in [2.75, 3.05) is 26.3 Å². The molecule has 1 aromatic rings. The first-order valence-electron chi connectivity index (χ1n) is 6.56. The zero-order valence-corrected chi connectivity index (χ0v) is 10.9. The fraction of sp³-hybridized carbons (Fsp3) is 0.467. The Morgan fingerprint density at radius 2 is 1.95 bits per heavy atom. The standard InChI is InChI=1S/C15H18NO3/c17-12-14(10-13-4-2-1-3-5-13)11-15(18)16-6-8-19-9-7-16/h1-5,14H,6-11H2. The van der Waals surface area contributed by atoms with E-state index >= 15 is 0 Å². The first kappa shape index (κ1) is 13.7. The highest BCUT2D eigenvalue weighted by atomic mass is 16.5. The average Bonchev–Trinajstić information content (AvgIpc) is 2.48. The van der Waals surface area contributed by atoms with E-state index in [1.807, 2.05) is 36.6 Å². The van der Waals surface area contributed by atoms with E-state index in [4.69, 9.17) is 4.74 Å². The summed E-state index contributed by atoms with van der Waals surface area (Å²) in [5, 5.41) is 0. The number of hydrogen-bond acceptors (Lipinski definition) is 3. The summed E-state index contributed by atoms with van der Waals surface area (Å²) in [6.07, 6.45) is 2.80. The number of ether oxygens (including phenoxy) is 1. The number of rotatable bonds is 5. The highest BCUT2D eigenvalue weighted by Gasteiger charge is 2.21. The largest absolute Gasteiger partial charge is 0.378 e. The Morgan fingerprint density at radius 3 is 2.58 bits per heavy atom. The van der Waals surface area contributed by atoms with E-state index in [1.165, 1.54) is 0 Å². The molecule has 1 atom stereocenters. The molecule has 1 fully saturated rings. The van der Waals surface area contributed by atoms with Crippen LogP contribution in [0.5, 0.6) is 0 Å². The molecule has 0 saturated carbocycles. The third-order valence-electron chi connectivity index (χ3n) is 3.28. The van der Waals surface area contributed by atoms with Crippen LogP contribution in [0.4, 0.5) is 0 Å². The number of carbonyl (C=O) groups is 1. The second-order valence-corrected chi connectivity index (χ2v) is 4.70. The van der Waals surface area contributed by atoms with Crippen LogP contribution in [0.25, 0.3) is 0 Å². The molecule has 1 aliphatic heterocycles. The van der Waals surface area contributed by atoms with Crippen LogP contribution in [-0.2, 0) is 20.7 Å². The second-order valence-electron chi connectivity index (χ2n) is 4.70. The zero-order valence-electron chi connectivity index (χ0n) is 10.9. The molecule has 1 heterocycles. The van der Waals surface area contributed by atoms with Crippen LogP contribution >= 0.6 is 0 Å². The molecule has 1 saturated heterocycles. The molecular formula is C15H18NO3. The molecule has 2 rings (SSSR count). The number of carbonyl (C=O) groups excluding carboxylic acids is 2. The van der Waals surface area contributed by atoms with Crippen LogP contribution in [0.3, 0.4) is 0 Å². The van der Waals surface area contributed by atoms with Crippen molar-refractivity contribution in [1.29, 1.82) is 0 Å². The Hall–Kier alpha value is -1.68. The molecule has 1 aliphatic rings. The minimum absolute atomic E-state index is 0.0209. The molecule has 4 nitrogen and oxygen atoms in total. The van der Waals surface area contributed by atoms with E-state index in [-0.39, 0.29) is 18.2 Å². The minimum atomic E-state index is -0.363. The van der Waals surface area contributed by atoms with Crippen molar-refractivity contribution in [1.82, 2.24) is 4.90 Å². The predicted molar refractivity (Wildman–Crippen MR) is 71.3 cm³/mol. The van der Waals surface area contributed by atoms with Gasteiger partial charge in [0.1, 0.15) is 0 Å². The summed E-state index contributed by atoms with van der Waals surface area (Å²) < 4.78 is 5.21. The molecule has 0 aromatic heterocycles. The van der Waals surface area contributed by atoms with Crippen molar-refractivity contribution in [3.8, 4) is 0 Å². The van der Waals surface area contributed by atoms with Crippen molar-refractivity contribution in [2.24, 2.45) is 5.92 Å². The smallest absolute Gasteiger partial charge is 0.223 e. The summed E-state index contributed by atoms with van der Waals surface area (Å²) in [5.41, 5.74) is 1.06. The van der Waals surface area contributed by atoms with Crippen molar-refractivity contribution in [3.05, 3.63) is 35.9 Å². The lowest BCUT2D eigenvalue weighted by molar-refractivity contribution is -0.135. The Bertz CT molecular complexity index is 413. The van der Waals surface area contributed by atoms with Gasteiger partial charge in [-0.2, -0.15) is 0 Å². The topological polar surface area (TPSA) is 46.6 Å². The third kappa shape index (κ3) is 4.17. The van der Waals surface area contributed by atoms with Crippen LogP contribution in [0.2, 0.25) is 0 Å². The minimum Gasteiger partial charge on any atom is -0.378 e. The molecule has 1 unspecified atom stereocenters. The predicted octanol–water partition coefficient (Wildman–Crippen LogP) is 1.20. The van der Waals surface area contributed by atoms with Crippen molar-refractivity contribution in [2.45, 2.75) is 12.8 Å². The normalized spacial score (nSPS) is 16.9. The van der Waals surface area contributed by atoms with E-state index in [0.29, 0.717) is 32.7 Å². The maximum Gasteiger partial charge on any atom is 0.223 e. The quantitative estimate of drug-likeness (QED) is 0.799. The molecule has 4 heteroatoms. The Kier molecular flexibility index (Phi) is 5.10. The van der Waals surface area contributed by atoms with Gasteiger partial charge in [0.05, 0.1) is 13.2 Å². The zero-order chi connectivity index (χ0) is 13.5. The Morgan fingerprint density at radius 1 is 1.26 bits per heavy atom. The van der Waals surface area contributed by atoms with Gasteiger partial charge in [-0.05, 0) is 12.0 Å². The molecular weight excluding hydrogens is 242 g/mol. The van der Waals surface area contributed by atoms with Crippen LogP contribution in [0.15, 0.2) is 30.3 Å². The molecule has 1 amide bonds. The summed E-state index contributed by atoms with van der Waals surface area (Å²) in [6, 6.07) is 9.72. The fourth-order valence-electron chi connectivity index (χ4n) is 2.21. The van der Waals surface area contributed by atoms with Gasteiger partial charge in [-0.1, -0.05) is 30.3 Å². The van der Waals surface area contributed by atoms with Crippen LogP contribution in [0.1, 0.15) is 12.0 Å². The van der Waals surface area contributed by atoms with Gasteiger partial charge in [-0.15, -0.1) is 0 Å². The van der Waals surface area contributed by atoms with Gasteiger partial charge in [-0.3, -0.25) is 9.59 Å². The van der Waals surface area contributed by atoms with Crippen molar-refractivity contribution >= 4 is 12.2 Å². The van der Waals surface area contributed by atoms with Crippen LogP contribution in [-0.4, -0.2) is 43.4 Å². The summed E-state index contributed by atoms with van der Waals surface area (Å²) in [5.74, 6) is -0.342. The SMILES string of the molecule is O=[C]C(CC(=O)N1CCOCC1)Cc1ccccc1. The summed E-state index contributed by atoms with van der Waals surface area (Å²) in [6.45, 7) is 2.41. The molecule has 0 bridgehead atoms. The van der Waals surface area contributed by atoms with Gasteiger partial charge in [0.2, 0.25) is 12.2 Å². The lowest BCUT2D eigenvalue weighted by Crippen LogP contribution is -2.41. The summed E-state index contributed by atoms with van der Waals surface area (Å²) in [4.78, 5) is 24.8. The third-order valence-corrected chi connectivity index (χ3v) is 3.28. The molecule has 19 heavy (non-hydrogen) atoms. The van der Waals surface area contributed by atoms with Gasteiger partial charge in [0.25, 0.3) is 0 Å². The van der Waals surface area contributed by atoms with Gasteiger partial charge >= 0.3 is 0 Å². The van der Waals surface area contributed by atoms with Crippen molar-refractivity contribution in [3.63, 3.8) is 0 Å². The molecule has 1 aromatic carbocycles. The summed E-state index contributed by atoms with van der Waals surface area (Å²) >= 11 is 0. The maximum atomic E-state index is 12.0. The molecule has 0 spiro atoms. The first-order valence-corrected chi connectivity index (χ1v) is 6.56. The Labute approximate surface area is 113 Å². The Balaban J connectivity index is 1.88. The van der Waals surface area contributed by atoms with Crippen LogP contribution in [0, 0.1) is 5.92 Å². The lowest BCUT2D eigenvalue weighted by Gasteiger charge is -2.27. The molecule has 101 valence electrons. The summed E-state index contributed by atoms with van der Waals surface area (Å²) in [7, 11) is 0. The number of morpholine rings is 1. The van der Waals surface area contributed by atoms with Crippen molar-refractivity contribution < 1.29 is 14.3 Å². The highest BCUT2D eigenvalue weighted by molar-refractivity contribution is 5.79. The van der Waals surface area contributed by atoms with Gasteiger partial charge in [0, 0.05) is 25.4 Å². The van der Waals surface area contributed by atoms with E-state index in [2.05, 4.69) is 0 Å². The number of benzene rings is 1. The van der Waals surface area contributed by atoms with Crippen LogP contribution < -0.4 is 0 Å². The molecule has 0 N–H and O–H groups in total. The number of nitrogens with zero attached hydrogens (tertiary/aromatic N) is 1. The van der Waals surface area contributed by atoms with Gasteiger partial charge in [-0.25, -0.2) is 0 Å². The number of amides is 1. The van der Waals surface area contributed by atoms with E-state index < -0.39 is 0 Å². The van der Waals surface area contributed by atoms with E-state index in [0.717, 1.165) is 5.56 Å². The average molecular weight is 260 g/mol. The van der Waals surface area contributed by atoms with Gasteiger partial charge in [0.15, 0.2) is 0 Å². The fourth-order valence-corrected chi connectivity index (χ4v) is 2.21. The maximum absolute atomic E-state index is 12.0. The first-order chi connectivity index (χ1) is 9.29. The number of hydrogen-bond donors (Lipinski definition) is 0. The molecule has 1 radical (unpaired) electrons. The highest BCUT2D eigenvalue weighted by Crippen LogP contribution is 2.12. The van der Waals surface area contributed by atoms with E-state index in [1.54, 1.807) is 4.90 Å². The monoisotopic (exact) mass is 260 g/mol. The van der Waals surface area contributed by atoms with E-state index in [9.17, 15) is 9.59 Å².